The highest BCUT2D eigenvalue weighted by Crippen LogP contribution is 2.38. The molecule has 0 bridgehead atoms. The van der Waals surface area contributed by atoms with Gasteiger partial charge >= 0.3 is 12.1 Å². The third kappa shape index (κ3) is 4.92. The van der Waals surface area contributed by atoms with Crippen LogP contribution in [0, 0.1) is 13.8 Å². The average Bonchev–Trinajstić information content (AvgIpc) is 3.30. The molecule has 4 heterocycles. The quantitative estimate of drug-likeness (QED) is 0.513. The average molecular weight is 511 g/mol. The van der Waals surface area contributed by atoms with Crippen molar-refractivity contribution in [2.45, 2.75) is 45.7 Å². The van der Waals surface area contributed by atoms with E-state index in [2.05, 4.69) is 35.6 Å². The number of rotatable bonds is 5. The van der Waals surface area contributed by atoms with E-state index in [9.17, 15) is 9.90 Å². The number of aryl methyl sites for hydroxylation is 1. The van der Waals surface area contributed by atoms with E-state index >= 15 is 0 Å². The molecule has 5 N–H and O–H groups in total. The summed E-state index contributed by atoms with van der Waals surface area (Å²) in [6, 6.07) is 2.66. The minimum atomic E-state index is -0.880. The lowest BCUT2D eigenvalue weighted by Gasteiger charge is -2.38. The molecule has 0 unspecified atom stereocenters. The van der Waals surface area contributed by atoms with Crippen molar-refractivity contribution in [1.82, 2.24) is 19.8 Å². The molecule has 3 aliphatic heterocycles. The summed E-state index contributed by atoms with van der Waals surface area (Å²) in [5, 5.41) is 9.38. The van der Waals surface area contributed by atoms with Crippen molar-refractivity contribution in [2.75, 3.05) is 74.2 Å². The number of aromatic nitrogens is 2. The molecular formula is C26H38N8O3. The number of fused-ring (bicyclic) bond motifs is 1. The Bertz CT molecular complexity index is 1150. The predicted molar refractivity (Wildman–Crippen MR) is 144 cm³/mol. The third-order valence-corrected chi connectivity index (χ3v) is 8.15. The van der Waals surface area contributed by atoms with Gasteiger partial charge in [0.2, 0.25) is 0 Å². The molecule has 1 amide bonds. The number of ether oxygens (including phenoxy) is 1. The Morgan fingerprint density at radius 1 is 1.11 bits per heavy atom. The van der Waals surface area contributed by atoms with Gasteiger partial charge in [-0.3, -0.25) is 0 Å². The van der Waals surface area contributed by atoms with Gasteiger partial charge in [-0.25, -0.2) is 4.79 Å². The minimum Gasteiger partial charge on any atom is -0.465 e. The largest absolute Gasteiger partial charge is 0.465 e. The number of carbonyl (C=O) groups is 1. The summed E-state index contributed by atoms with van der Waals surface area (Å²) in [6.07, 6.45) is 2.15. The number of anilines is 4. The Balaban J connectivity index is 1.46. The van der Waals surface area contributed by atoms with Crippen LogP contribution in [0.3, 0.4) is 0 Å². The van der Waals surface area contributed by atoms with E-state index in [1.807, 2.05) is 6.07 Å². The highest BCUT2D eigenvalue weighted by Gasteiger charge is 2.30. The summed E-state index contributed by atoms with van der Waals surface area (Å²) < 4.78 is 6.19. The number of amides is 1. The van der Waals surface area contributed by atoms with E-state index in [4.69, 9.17) is 26.2 Å². The maximum absolute atomic E-state index is 11.4. The molecule has 3 aliphatic rings. The third-order valence-electron chi connectivity index (χ3n) is 8.15. The predicted octanol–water partition coefficient (Wildman–Crippen LogP) is 2.09. The first kappa shape index (κ1) is 25.2. The Morgan fingerprint density at radius 3 is 2.54 bits per heavy atom. The van der Waals surface area contributed by atoms with Crippen LogP contribution in [0.15, 0.2) is 6.07 Å². The van der Waals surface area contributed by atoms with E-state index in [1.54, 1.807) is 0 Å². The molecule has 0 aliphatic carbocycles. The van der Waals surface area contributed by atoms with Gasteiger partial charge in [0.1, 0.15) is 12.4 Å². The second-order valence-electron chi connectivity index (χ2n) is 10.4. The lowest BCUT2D eigenvalue weighted by molar-refractivity contribution is 0.142. The number of likely N-dealkylation sites (tertiary alicyclic amines) is 1. The smallest absolute Gasteiger partial charge is 0.407 e. The summed E-state index contributed by atoms with van der Waals surface area (Å²) >= 11 is 0. The Hall–Kier alpha value is -3.47. The molecule has 2 aromatic rings. The number of nitrogen functional groups attached to an aromatic ring is 2. The fraction of sp³-hybridized carbons (Fsp3) is 0.577. The summed E-state index contributed by atoms with van der Waals surface area (Å²) in [7, 11) is 2.13. The fourth-order valence-electron chi connectivity index (χ4n) is 5.73. The molecule has 11 heteroatoms. The van der Waals surface area contributed by atoms with Crippen LogP contribution in [0.5, 0.6) is 6.01 Å². The molecular weight excluding hydrogens is 472 g/mol. The number of piperazine rings is 1. The van der Waals surface area contributed by atoms with Gasteiger partial charge in [0, 0.05) is 44.3 Å². The van der Waals surface area contributed by atoms with Crippen LogP contribution in [0.1, 0.15) is 35.2 Å². The number of hydrogen-bond donors (Lipinski definition) is 3. The maximum atomic E-state index is 11.4. The first-order valence-electron chi connectivity index (χ1n) is 13.1. The van der Waals surface area contributed by atoms with Crippen LogP contribution < -0.4 is 26.0 Å². The summed E-state index contributed by atoms with van der Waals surface area (Å²) in [6.45, 7) is 9.16. The lowest BCUT2D eigenvalue weighted by Crippen LogP contribution is -2.49. The van der Waals surface area contributed by atoms with Gasteiger partial charge in [-0.2, -0.15) is 9.97 Å². The number of nitrogens with two attached hydrogens (primary N) is 2. The molecule has 0 radical (unpaired) electrons. The van der Waals surface area contributed by atoms with Crippen molar-refractivity contribution in [3.63, 3.8) is 0 Å². The maximum Gasteiger partial charge on any atom is 0.407 e. The molecule has 0 spiro atoms. The van der Waals surface area contributed by atoms with Gasteiger partial charge in [0.15, 0.2) is 0 Å². The molecule has 0 saturated carbocycles. The molecule has 2 fully saturated rings. The molecule has 1 aromatic heterocycles. The monoisotopic (exact) mass is 510 g/mol. The van der Waals surface area contributed by atoms with Gasteiger partial charge in [0.05, 0.1) is 29.3 Å². The van der Waals surface area contributed by atoms with Crippen LogP contribution in [0.25, 0.3) is 0 Å². The highest BCUT2D eigenvalue weighted by molar-refractivity contribution is 5.83. The SMILES string of the molecule is Cc1cc(N)c(N)c(N2CCc3c(nc(OC[C@@H]4CCCN4C)nc3N3CCN(C(=O)O)CC3)C2)c1C. The normalized spacial score (nSPS) is 20.3. The Kier molecular flexibility index (Phi) is 6.89. The van der Waals surface area contributed by atoms with E-state index < -0.39 is 6.09 Å². The van der Waals surface area contributed by atoms with Crippen LogP contribution in [0.2, 0.25) is 0 Å². The van der Waals surface area contributed by atoms with Crippen molar-refractivity contribution in [1.29, 1.82) is 0 Å². The molecule has 2 saturated heterocycles. The molecule has 1 atom stereocenters. The van der Waals surface area contributed by atoms with Crippen molar-refractivity contribution in [2.24, 2.45) is 0 Å². The van der Waals surface area contributed by atoms with Gasteiger partial charge in [-0.15, -0.1) is 0 Å². The second-order valence-corrected chi connectivity index (χ2v) is 10.4. The topological polar surface area (TPSA) is 137 Å². The van der Waals surface area contributed by atoms with E-state index in [1.165, 1.54) is 11.3 Å². The molecule has 1 aromatic carbocycles. The van der Waals surface area contributed by atoms with E-state index in [-0.39, 0.29) is 0 Å². The molecule has 11 nitrogen and oxygen atoms in total. The molecule has 200 valence electrons. The van der Waals surface area contributed by atoms with Crippen LogP contribution in [-0.4, -0.2) is 89.9 Å². The fourth-order valence-corrected chi connectivity index (χ4v) is 5.73. The molecule has 37 heavy (non-hydrogen) atoms. The number of carboxylic acid groups (broad SMARTS) is 1. The van der Waals surface area contributed by atoms with Gasteiger partial charge in [-0.1, -0.05) is 0 Å². The number of hydrogen-bond acceptors (Lipinski definition) is 9. The zero-order valence-corrected chi connectivity index (χ0v) is 22.0. The van der Waals surface area contributed by atoms with Crippen molar-refractivity contribution >= 4 is 29.0 Å². The van der Waals surface area contributed by atoms with Crippen LogP contribution in [0.4, 0.5) is 27.7 Å². The molecule has 5 rings (SSSR count). The number of nitrogens with zero attached hydrogens (tertiary/aromatic N) is 6. The van der Waals surface area contributed by atoms with Crippen molar-refractivity contribution in [3.05, 3.63) is 28.5 Å². The Labute approximate surface area is 218 Å². The van der Waals surface area contributed by atoms with E-state index in [0.717, 1.165) is 59.8 Å². The highest BCUT2D eigenvalue weighted by atomic mass is 16.5. The lowest BCUT2D eigenvalue weighted by atomic mass is 9.99. The van der Waals surface area contributed by atoms with Crippen LogP contribution >= 0.6 is 0 Å². The van der Waals surface area contributed by atoms with Gasteiger partial charge in [-0.05, 0) is 63.9 Å². The van der Waals surface area contributed by atoms with Gasteiger partial charge < -0.3 is 40.9 Å². The summed E-state index contributed by atoms with van der Waals surface area (Å²) in [5.74, 6) is 0.859. The second kappa shape index (κ2) is 10.1. The van der Waals surface area contributed by atoms with Crippen molar-refractivity contribution in [3.8, 4) is 6.01 Å². The summed E-state index contributed by atoms with van der Waals surface area (Å²) in [5.41, 5.74) is 19.1. The first-order valence-corrected chi connectivity index (χ1v) is 13.1. The van der Waals surface area contributed by atoms with Crippen molar-refractivity contribution < 1.29 is 14.6 Å². The standard InChI is InChI=1S/C26H38N8O3/c1-16-13-20(27)22(28)23(17(16)2)34-8-6-19-21(14-34)29-25(37-15-18-5-4-7-31(18)3)30-24(19)32-9-11-33(12-10-32)26(35)36/h13,18H,4-12,14-15,27-28H2,1-3H3,(H,35,36)/t18-/m0/s1. The number of likely N-dealkylation sites (N-methyl/N-ethyl adjacent to an activating group) is 1. The summed E-state index contributed by atoms with van der Waals surface area (Å²) in [4.78, 5) is 29.4. The van der Waals surface area contributed by atoms with Crippen LogP contribution in [-0.2, 0) is 13.0 Å². The first-order chi connectivity index (χ1) is 17.7. The number of benzene rings is 1. The van der Waals surface area contributed by atoms with Gasteiger partial charge in [0.25, 0.3) is 0 Å². The van der Waals surface area contributed by atoms with E-state index in [0.29, 0.717) is 62.8 Å². The zero-order valence-electron chi connectivity index (χ0n) is 22.0. The minimum absolute atomic E-state index is 0.358. The zero-order chi connectivity index (χ0) is 26.3. The Morgan fingerprint density at radius 2 is 1.86 bits per heavy atom.